The Balaban J connectivity index is 1.61. The lowest BCUT2D eigenvalue weighted by Gasteiger charge is -2.09. The zero-order valence-corrected chi connectivity index (χ0v) is 14.9. The van der Waals surface area contributed by atoms with E-state index in [0.717, 1.165) is 5.56 Å². The van der Waals surface area contributed by atoms with Crippen LogP contribution in [-0.4, -0.2) is 25.2 Å². The Morgan fingerprint density at radius 2 is 1.65 bits per heavy atom. The van der Waals surface area contributed by atoms with Crippen molar-refractivity contribution in [2.75, 3.05) is 13.3 Å². The first-order chi connectivity index (χ1) is 12.5. The number of hydrogen-bond acceptors (Lipinski definition) is 4. The van der Waals surface area contributed by atoms with Gasteiger partial charge in [0.1, 0.15) is 0 Å². The van der Waals surface area contributed by atoms with E-state index in [2.05, 4.69) is 10.6 Å². The average molecular weight is 354 g/mol. The fourth-order valence-electron chi connectivity index (χ4n) is 2.54. The van der Waals surface area contributed by atoms with Gasteiger partial charge >= 0.3 is 0 Å². The van der Waals surface area contributed by atoms with Crippen LogP contribution in [-0.2, 0) is 6.54 Å². The van der Waals surface area contributed by atoms with Crippen molar-refractivity contribution < 1.29 is 19.1 Å². The second-order valence-corrected chi connectivity index (χ2v) is 6.55. The van der Waals surface area contributed by atoms with Crippen molar-refractivity contribution in [3.63, 3.8) is 0 Å². The quantitative estimate of drug-likeness (QED) is 0.836. The number of ether oxygens (including phenoxy) is 2. The number of fused-ring (bicyclic) bond motifs is 1. The minimum Gasteiger partial charge on any atom is -0.454 e. The topological polar surface area (TPSA) is 76.7 Å². The Hall–Kier alpha value is -3.02. The third kappa shape index (κ3) is 4.33. The van der Waals surface area contributed by atoms with Gasteiger partial charge in [-0.15, -0.1) is 0 Å². The summed E-state index contributed by atoms with van der Waals surface area (Å²) in [7, 11) is 0. The van der Waals surface area contributed by atoms with Crippen LogP contribution in [0.15, 0.2) is 42.5 Å². The molecule has 1 aliphatic heterocycles. The molecule has 136 valence electrons. The number of nitrogens with one attached hydrogen (secondary N) is 2. The molecule has 2 N–H and O–H groups in total. The van der Waals surface area contributed by atoms with Gasteiger partial charge in [-0.3, -0.25) is 9.59 Å². The molecule has 0 saturated carbocycles. The standard InChI is InChI=1S/C20H22N2O4/c1-13(2)10-21-19(23)15-4-3-5-16(9-15)20(24)22-11-14-6-7-17-18(8-14)26-12-25-17/h3-9,13H,10-12H2,1-2H3,(H,21,23)(H,22,24). The van der Waals surface area contributed by atoms with Gasteiger partial charge in [0.2, 0.25) is 6.79 Å². The highest BCUT2D eigenvalue weighted by atomic mass is 16.7. The summed E-state index contributed by atoms with van der Waals surface area (Å²) < 4.78 is 10.6. The van der Waals surface area contributed by atoms with Crippen LogP contribution in [0.4, 0.5) is 0 Å². The van der Waals surface area contributed by atoms with Crippen molar-refractivity contribution in [3.8, 4) is 11.5 Å². The smallest absolute Gasteiger partial charge is 0.251 e. The highest BCUT2D eigenvalue weighted by molar-refractivity contribution is 5.99. The minimum atomic E-state index is -0.235. The maximum atomic E-state index is 12.4. The molecule has 0 saturated heterocycles. The van der Waals surface area contributed by atoms with E-state index in [4.69, 9.17) is 9.47 Å². The molecule has 6 nitrogen and oxygen atoms in total. The molecule has 0 aliphatic carbocycles. The molecule has 0 fully saturated rings. The van der Waals surface area contributed by atoms with Gasteiger partial charge in [0.05, 0.1) is 0 Å². The maximum Gasteiger partial charge on any atom is 0.251 e. The molecule has 2 aromatic rings. The fourth-order valence-corrected chi connectivity index (χ4v) is 2.54. The van der Waals surface area contributed by atoms with Gasteiger partial charge in [-0.1, -0.05) is 26.0 Å². The van der Waals surface area contributed by atoms with Crippen LogP contribution in [0.2, 0.25) is 0 Å². The summed E-state index contributed by atoms with van der Waals surface area (Å²) in [5, 5.41) is 5.71. The van der Waals surface area contributed by atoms with E-state index >= 15 is 0 Å². The Morgan fingerprint density at radius 1 is 0.962 bits per heavy atom. The lowest BCUT2D eigenvalue weighted by atomic mass is 10.1. The molecule has 0 bridgehead atoms. The van der Waals surface area contributed by atoms with E-state index in [1.54, 1.807) is 24.3 Å². The molecule has 1 heterocycles. The molecule has 2 amide bonds. The first kappa shape index (κ1) is 17.8. The van der Waals surface area contributed by atoms with Gasteiger partial charge in [-0.2, -0.15) is 0 Å². The molecule has 26 heavy (non-hydrogen) atoms. The second-order valence-electron chi connectivity index (χ2n) is 6.55. The molecule has 0 aromatic heterocycles. The summed E-state index contributed by atoms with van der Waals surface area (Å²) in [5.74, 6) is 1.35. The summed E-state index contributed by atoms with van der Waals surface area (Å²) in [4.78, 5) is 24.5. The predicted molar refractivity (Wildman–Crippen MR) is 97.3 cm³/mol. The highest BCUT2D eigenvalue weighted by Gasteiger charge is 2.14. The molecular formula is C20H22N2O4. The molecule has 0 radical (unpaired) electrons. The Bertz CT molecular complexity index is 817. The highest BCUT2D eigenvalue weighted by Crippen LogP contribution is 2.32. The van der Waals surface area contributed by atoms with E-state index in [-0.39, 0.29) is 18.6 Å². The van der Waals surface area contributed by atoms with E-state index < -0.39 is 0 Å². The lowest BCUT2D eigenvalue weighted by Crippen LogP contribution is -2.28. The normalized spacial score (nSPS) is 12.1. The largest absolute Gasteiger partial charge is 0.454 e. The molecule has 0 spiro atoms. The summed E-state index contributed by atoms with van der Waals surface area (Å²) >= 11 is 0. The first-order valence-electron chi connectivity index (χ1n) is 8.58. The Labute approximate surface area is 152 Å². The van der Waals surface area contributed by atoms with E-state index in [1.165, 1.54) is 0 Å². The first-order valence-corrected chi connectivity index (χ1v) is 8.58. The van der Waals surface area contributed by atoms with Crippen LogP contribution in [0.3, 0.4) is 0 Å². The number of benzene rings is 2. The van der Waals surface area contributed by atoms with E-state index in [0.29, 0.717) is 41.6 Å². The van der Waals surface area contributed by atoms with Crippen LogP contribution < -0.4 is 20.1 Å². The molecule has 0 unspecified atom stereocenters. The van der Waals surface area contributed by atoms with Crippen molar-refractivity contribution in [2.45, 2.75) is 20.4 Å². The summed E-state index contributed by atoms with van der Waals surface area (Å²) in [6, 6.07) is 12.2. The predicted octanol–water partition coefficient (Wildman–Crippen LogP) is 2.73. The molecule has 0 atom stereocenters. The zero-order valence-electron chi connectivity index (χ0n) is 14.9. The third-order valence-electron chi connectivity index (χ3n) is 3.95. The van der Waals surface area contributed by atoms with Crippen LogP contribution in [0, 0.1) is 5.92 Å². The van der Waals surface area contributed by atoms with Gasteiger partial charge < -0.3 is 20.1 Å². The van der Waals surface area contributed by atoms with Crippen molar-refractivity contribution in [1.29, 1.82) is 0 Å². The van der Waals surface area contributed by atoms with Crippen LogP contribution in [0.25, 0.3) is 0 Å². The van der Waals surface area contributed by atoms with Crippen molar-refractivity contribution in [1.82, 2.24) is 10.6 Å². The number of carbonyl (C=O) groups is 2. The Kier molecular flexibility index (Phi) is 5.41. The third-order valence-corrected chi connectivity index (χ3v) is 3.95. The number of carbonyl (C=O) groups excluding carboxylic acids is 2. The molecule has 6 heteroatoms. The van der Waals surface area contributed by atoms with Gasteiger partial charge in [0.15, 0.2) is 11.5 Å². The van der Waals surface area contributed by atoms with Crippen LogP contribution in [0.1, 0.15) is 40.1 Å². The number of amides is 2. The monoisotopic (exact) mass is 354 g/mol. The van der Waals surface area contributed by atoms with E-state index in [9.17, 15) is 9.59 Å². The lowest BCUT2D eigenvalue weighted by molar-refractivity contribution is 0.0949. The fraction of sp³-hybridized carbons (Fsp3) is 0.300. The van der Waals surface area contributed by atoms with Crippen LogP contribution in [0.5, 0.6) is 11.5 Å². The van der Waals surface area contributed by atoms with Gasteiger partial charge in [0.25, 0.3) is 11.8 Å². The van der Waals surface area contributed by atoms with Crippen molar-refractivity contribution in [2.24, 2.45) is 5.92 Å². The molecule has 3 rings (SSSR count). The minimum absolute atomic E-state index is 0.177. The zero-order chi connectivity index (χ0) is 18.5. The van der Waals surface area contributed by atoms with Crippen LogP contribution >= 0.6 is 0 Å². The van der Waals surface area contributed by atoms with Gasteiger partial charge in [-0.25, -0.2) is 0 Å². The summed E-state index contributed by atoms with van der Waals surface area (Å²) in [6.45, 7) is 5.23. The van der Waals surface area contributed by atoms with Crippen molar-refractivity contribution >= 4 is 11.8 Å². The second kappa shape index (κ2) is 7.91. The number of rotatable bonds is 6. The van der Waals surface area contributed by atoms with Gasteiger partial charge in [0, 0.05) is 24.2 Å². The number of hydrogen-bond donors (Lipinski definition) is 2. The summed E-state index contributed by atoms with van der Waals surface area (Å²) in [6.07, 6.45) is 0. The Morgan fingerprint density at radius 3 is 2.38 bits per heavy atom. The molecule has 1 aliphatic rings. The van der Waals surface area contributed by atoms with Crippen molar-refractivity contribution in [3.05, 3.63) is 59.2 Å². The molecular weight excluding hydrogens is 332 g/mol. The van der Waals surface area contributed by atoms with Gasteiger partial charge in [-0.05, 0) is 41.8 Å². The molecule has 2 aromatic carbocycles. The summed E-state index contributed by atoms with van der Waals surface area (Å²) in [5.41, 5.74) is 1.83. The average Bonchev–Trinajstić information content (AvgIpc) is 3.12. The SMILES string of the molecule is CC(C)CNC(=O)c1cccc(C(=O)NCc2ccc3c(c2)OCO3)c1. The maximum absolute atomic E-state index is 12.4. The van der Waals surface area contributed by atoms with E-state index in [1.807, 2.05) is 32.0 Å².